The highest BCUT2D eigenvalue weighted by atomic mass is 35.5. The number of hydrogen-bond acceptors (Lipinski definition) is 4. The topological polar surface area (TPSA) is 53.4 Å². The zero-order valence-corrected chi connectivity index (χ0v) is 12.2. The van der Waals surface area contributed by atoms with Crippen LogP contribution in [0.1, 0.15) is 12.8 Å². The van der Waals surface area contributed by atoms with Crippen molar-refractivity contribution < 1.29 is 9.90 Å². The van der Waals surface area contributed by atoms with Crippen LogP contribution in [0, 0.1) is 0 Å². The van der Waals surface area contributed by atoms with Gasteiger partial charge in [-0.2, -0.15) is 0 Å². The van der Waals surface area contributed by atoms with E-state index in [4.69, 9.17) is 11.6 Å². The molecule has 0 radical (unpaired) electrons. The quantitative estimate of drug-likeness (QED) is 0.942. The predicted octanol–water partition coefficient (Wildman–Crippen LogP) is 3.52. The molecule has 2 aromatic rings. The molecule has 0 amide bonds. The van der Waals surface area contributed by atoms with Crippen LogP contribution >= 0.6 is 22.9 Å². The smallest absolute Gasteiger partial charge is 0.326 e. The minimum Gasteiger partial charge on any atom is -0.480 e. The molecule has 1 aromatic heterocycles. The Morgan fingerprint density at radius 3 is 3.00 bits per heavy atom. The van der Waals surface area contributed by atoms with Gasteiger partial charge in [0.1, 0.15) is 6.04 Å². The molecule has 0 unspecified atom stereocenters. The molecule has 1 atom stereocenters. The van der Waals surface area contributed by atoms with Gasteiger partial charge in [0.05, 0.1) is 5.69 Å². The third kappa shape index (κ3) is 2.39. The summed E-state index contributed by atoms with van der Waals surface area (Å²) < 4.78 is 0. The summed E-state index contributed by atoms with van der Waals surface area (Å²) in [6.45, 7) is 0.743. The molecule has 20 heavy (non-hydrogen) atoms. The Balaban J connectivity index is 1.91. The number of nitrogens with zero attached hydrogens (tertiary/aromatic N) is 2. The van der Waals surface area contributed by atoms with Crippen LogP contribution in [0.4, 0.5) is 5.13 Å². The van der Waals surface area contributed by atoms with E-state index in [9.17, 15) is 9.90 Å². The standard InChI is InChI=1S/C14H13ClN2O2S/c15-10-5-2-1-4-9(10)11-8-20-14(16-11)17-7-3-6-12(17)13(18)19/h1-2,4-5,8,12H,3,6-7H2,(H,18,19)/t12-/m0/s1. The molecule has 1 saturated heterocycles. The van der Waals surface area contributed by atoms with Crippen LogP contribution < -0.4 is 4.90 Å². The van der Waals surface area contributed by atoms with E-state index in [1.807, 2.05) is 34.5 Å². The minimum atomic E-state index is -0.781. The van der Waals surface area contributed by atoms with E-state index >= 15 is 0 Å². The SMILES string of the molecule is O=C(O)[C@@H]1CCCN1c1nc(-c2ccccc2Cl)cs1. The Labute approximate surface area is 125 Å². The molecule has 1 aliphatic rings. The van der Waals surface area contributed by atoms with Gasteiger partial charge in [-0.05, 0) is 18.9 Å². The molecule has 104 valence electrons. The molecule has 1 aliphatic heterocycles. The number of rotatable bonds is 3. The number of carboxylic acid groups (broad SMARTS) is 1. The van der Waals surface area contributed by atoms with E-state index in [1.54, 1.807) is 0 Å². The Bertz CT molecular complexity index is 644. The van der Waals surface area contributed by atoms with E-state index in [0.717, 1.165) is 29.4 Å². The van der Waals surface area contributed by atoms with Gasteiger partial charge in [-0.15, -0.1) is 11.3 Å². The molecule has 1 N–H and O–H groups in total. The van der Waals surface area contributed by atoms with Gasteiger partial charge in [0, 0.05) is 22.5 Å². The summed E-state index contributed by atoms with van der Waals surface area (Å²) in [5.74, 6) is -0.781. The molecule has 0 aliphatic carbocycles. The maximum atomic E-state index is 11.2. The Kier molecular flexibility index (Phi) is 3.63. The van der Waals surface area contributed by atoms with Crippen molar-refractivity contribution >= 4 is 34.0 Å². The van der Waals surface area contributed by atoms with Gasteiger partial charge in [0.25, 0.3) is 0 Å². The first-order valence-electron chi connectivity index (χ1n) is 6.36. The number of anilines is 1. The van der Waals surface area contributed by atoms with Crippen LogP contribution in [-0.4, -0.2) is 28.6 Å². The number of aromatic nitrogens is 1. The van der Waals surface area contributed by atoms with Crippen LogP contribution in [0.5, 0.6) is 0 Å². The van der Waals surface area contributed by atoms with Crippen molar-refractivity contribution in [3.05, 3.63) is 34.7 Å². The van der Waals surface area contributed by atoms with E-state index < -0.39 is 12.0 Å². The second kappa shape index (κ2) is 5.42. The van der Waals surface area contributed by atoms with Crippen molar-refractivity contribution in [3.8, 4) is 11.3 Å². The first-order chi connectivity index (χ1) is 9.66. The zero-order valence-electron chi connectivity index (χ0n) is 10.6. The lowest BCUT2D eigenvalue weighted by Gasteiger charge is -2.19. The number of thiazole rings is 1. The van der Waals surface area contributed by atoms with Gasteiger partial charge in [-0.1, -0.05) is 29.8 Å². The highest BCUT2D eigenvalue weighted by molar-refractivity contribution is 7.14. The summed E-state index contributed by atoms with van der Waals surface area (Å²) in [7, 11) is 0. The summed E-state index contributed by atoms with van der Waals surface area (Å²) in [6.07, 6.45) is 1.56. The van der Waals surface area contributed by atoms with Gasteiger partial charge in [0.2, 0.25) is 0 Å². The summed E-state index contributed by atoms with van der Waals surface area (Å²) in [4.78, 5) is 17.7. The summed E-state index contributed by atoms with van der Waals surface area (Å²) in [5.41, 5.74) is 1.68. The molecular formula is C14H13ClN2O2S. The molecule has 4 nitrogen and oxygen atoms in total. The minimum absolute atomic E-state index is 0.458. The fourth-order valence-corrected chi connectivity index (χ4v) is 3.58. The lowest BCUT2D eigenvalue weighted by molar-refractivity contribution is -0.138. The molecule has 3 rings (SSSR count). The fourth-order valence-electron chi connectivity index (χ4n) is 2.44. The Morgan fingerprint density at radius 2 is 2.25 bits per heavy atom. The second-order valence-electron chi connectivity index (χ2n) is 4.68. The van der Waals surface area contributed by atoms with Crippen molar-refractivity contribution in [3.63, 3.8) is 0 Å². The number of aliphatic carboxylic acids is 1. The fraction of sp³-hybridized carbons (Fsp3) is 0.286. The molecule has 2 heterocycles. The highest BCUT2D eigenvalue weighted by Gasteiger charge is 2.32. The van der Waals surface area contributed by atoms with Gasteiger partial charge >= 0.3 is 5.97 Å². The number of hydrogen-bond donors (Lipinski definition) is 1. The maximum absolute atomic E-state index is 11.2. The van der Waals surface area contributed by atoms with Crippen molar-refractivity contribution in [2.75, 3.05) is 11.4 Å². The van der Waals surface area contributed by atoms with E-state index in [2.05, 4.69) is 4.98 Å². The van der Waals surface area contributed by atoms with Gasteiger partial charge < -0.3 is 10.0 Å². The van der Waals surface area contributed by atoms with Gasteiger partial charge in [-0.25, -0.2) is 9.78 Å². The van der Waals surface area contributed by atoms with Crippen LogP contribution in [0.3, 0.4) is 0 Å². The monoisotopic (exact) mass is 308 g/mol. The molecule has 0 bridgehead atoms. The van der Waals surface area contributed by atoms with Crippen LogP contribution in [0.25, 0.3) is 11.3 Å². The number of benzene rings is 1. The number of carbonyl (C=O) groups is 1. The van der Waals surface area contributed by atoms with Crippen molar-refractivity contribution in [1.82, 2.24) is 4.98 Å². The average Bonchev–Trinajstić information content (AvgIpc) is 3.07. The second-order valence-corrected chi connectivity index (χ2v) is 5.93. The number of halogens is 1. The predicted molar refractivity (Wildman–Crippen MR) is 80.6 cm³/mol. The average molecular weight is 309 g/mol. The largest absolute Gasteiger partial charge is 0.480 e. The van der Waals surface area contributed by atoms with Crippen LogP contribution in [0.15, 0.2) is 29.6 Å². The summed E-state index contributed by atoms with van der Waals surface area (Å²) in [5, 5.41) is 12.6. The lowest BCUT2D eigenvalue weighted by Crippen LogP contribution is -2.35. The van der Waals surface area contributed by atoms with E-state index in [1.165, 1.54) is 11.3 Å². The van der Waals surface area contributed by atoms with Crippen LogP contribution in [0.2, 0.25) is 5.02 Å². The maximum Gasteiger partial charge on any atom is 0.326 e. The lowest BCUT2D eigenvalue weighted by atomic mass is 10.2. The van der Waals surface area contributed by atoms with Gasteiger partial charge in [-0.3, -0.25) is 0 Å². The van der Waals surface area contributed by atoms with Crippen molar-refractivity contribution in [2.24, 2.45) is 0 Å². The molecule has 1 fully saturated rings. The normalized spacial score (nSPS) is 18.4. The Morgan fingerprint density at radius 1 is 1.45 bits per heavy atom. The molecular weight excluding hydrogens is 296 g/mol. The molecule has 0 spiro atoms. The van der Waals surface area contributed by atoms with E-state index in [0.29, 0.717) is 11.4 Å². The van der Waals surface area contributed by atoms with Gasteiger partial charge in [0.15, 0.2) is 5.13 Å². The first-order valence-corrected chi connectivity index (χ1v) is 7.62. The summed E-state index contributed by atoms with van der Waals surface area (Å²) >= 11 is 7.63. The van der Waals surface area contributed by atoms with Crippen molar-refractivity contribution in [1.29, 1.82) is 0 Å². The number of carboxylic acids is 1. The third-order valence-corrected chi connectivity index (χ3v) is 4.63. The third-order valence-electron chi connectivity index (χ3n) is 3.43. The summed E-state index contributed by atoms with van der Waals surface area (Å²) in [6, 6.07) is 7.07. The zero-order chi connectivity index (χ0) is 14.1. The molecule has 0 saturated carbocycles. The van der Waals surface area contributed by atoms with E-state index in [-0.39, 0.29) is 0 Å². The molecule has 6 heteroatoms. The molecule has 1 aromatic carbocycles. The van der Waals surface area contributed by atoms with Crippen molar-refractivity contribution in [2.45, 2.75) is 18.9 Å². The van der Waals surface area contributed by atoms with Crippen LogP contribution in [-0.2, 0) is 4.79 Å². The first kappa shape index (κ1) is 13.4. The highest BCUT2D eigenvalue weighted by Crippen LogP contribution is 2.34. The Hall–Kier alpha value is -1.59.